The maximum atomic E-state index is 6.22. The Bertz CT molecular complexity index is 565. The van der Waals surface area contributed by atoms with E-state index in [4.69, 9.17) is 11.6 Å². The number of hydrogen-bond donors (Lipinski definition) is 1. The minimum Gasteiger partial charge on any atom is -0.313 e. The van der Waals surface area contributed by atoms with Gasteiger partial charge < -0.3 is 5.32 Å². The van der Waals surface area contributed by atoms with Crippen molar-refractivity contribution in [3.05, 3.63) is 46.5 Å². The zero-order valence-corrected chi connectivity index (χ0v) is 13.0. The third-order valence-electron chi connectivity index (χ3n) is 3.55. The first kappa shape index (κ1) is 15.0. The van der Waals surface area contributed by atoms with Crippen LogP contribution in [0.4, 0.5) is 0 Å². The molecule has 0 saturated carbocycles. The van der Waals surface area contributed by atoms with Gasteiger partial charge in [0, 0.05) is 24.0 Å². The first-order valence-electron chi connectivity index (χ1n) is 6.96. The Morgan fingerprint density at radius 3 is 2.90 bits per heavy atom. The highest BCUT2D eigenvalue weighted by atomic mass is 35.5. The molecule has 5 heteroatoms. The molecule has 1 aromatic carbocycles. The lowest BCUT2D eigenvalue weighted by Crippen LogP contribution is -2.22. The Balaban J connectivity index is 2.24. The molecule has 108 valence electrons. The Labute approximate surface area is 125 Å². The van der Waals surface area contributed by atoms with Crippen molar-refractivity contribution in [2.45, 2.75) is 39.3 Å². The molecule has 0 bridgehead atoms. The fourth-order valence-electron chi connectivity index (χ4n) is 2.40. The van der Waals surface area contributed by atoms with Gasteiger partial charge in [-0.3, -0.25) is 4.68 Å². The monoisotopic (exact) mass is 292 g/mol. The summed E-state index contributed by atoms with van der Waals surface area (Å²) < 4.78 is 1.98. The van der Waals surface area contributed by atoms with Gasteiger partial charge in [0.1, 0.15) is 12.2 Å². The predicted octanol–water partition coefficient (Wildman–Crippen LogP) is 3.15. The van der Waals surface area contributed by atoms with E-state index in [1.807, 2.05) is 23.9 Å². The SMILES string of the molecule is CCCn1ncnc1CC(NC)c1cccc(Cl)c1C. The number of halogens is 1. The molecule has 2 aromatic rings. The maximum absolute atomic E-state index is 6.22. The molecule has 0 aliphatic rings. The molecular weight excluding hydrogens is 272 g/mol. The van der Waals surface area contributed by atoms with E-state index in [0.29, 0.717) is 0 Å². The fourth-order valence-corrected chi connectivity index (χ4v) is 2.58. The molecule has 0 aliphatic heterocycles. The lowest BCUT2D eigenvalue weighted by molar-refractivity contribution is 0.516. The predicted molar refractivity (Wildman–Crippen MR) is 82.0 cm³/mol. The van der Waals surface area contributed by atoms with Crippen molar-refractivity contribution in [1.82, 2.24) is 20.1 Å². The van der Waals surface area contributed by atoms with Crippen molar-refractivity contribution >= 4 is 11.6 Å². The normalized spacial score (nSPS) is 12.6. The summed E-state index contributed by atoms with van der Waals surface area (Å²) in [6.45, 7) is 5.10. The minimum atomic E-state index is 0.188. The van der Waals surface area contributed by atoms with Crippen molar-refractivity contribution in [3.63, 3.8) is 0 Å². The molecule has 1 atom stereocenters. The van der Waals surface area contributed by atoms with Gasteiger partial charge >= 0.3 is 0 Å². The van der Waals surface area contributed by atoms with Gasteiger partial charge in [-0.05, 0) is 37.6 Å². The molecule has 20 heavy (non-hydrogen) atoms. The molecule has 0 radical (unpaired) electrons. The van der Waals surface area contributed by atoms with E-state index < -0.39 is 0 Å². The van der Waals surface area contributed by atoms with E-state index in [1.54, 1.807) is 6.33 Å². The van der Waals surface area contributed by atoms with E-state index in [-0.39, 0.29) is 6.04 Å². The zero-order valence-electron chi connectivity index (χ0n) is 12.2. The highest BCUT2D eigenvalue weighted by Gasteiger charge is 2.16. The molecule has 1 heterocycles. The number of rotatable bonds is 6. The van der Waals surface area contributed by atoms with Crippen LogP contribution in [0.15, 0.2) is 24.5 Å². The van der Waals surface area contributed by atoms with E-state index >= 15 is 0 Å². The van der Waals surface area contributed by atoms with E-state index in [2.05, 4.69) is 35.3 Å². The average Bonchev–Trinajstić information content (AvgIpc) is 2.87. The van der Waals surface area contributed by atoms with Gasteiger partial charge in [-0.25, -0.2) is 4.98 Å². The largest absolute Gasteiger partial charge is 0.313 e. The number of nitrogens with zero attached hydrogens (tertiary/aromatic N) is 3. The second kappa shape index (κ2) is 6.86. The summed E-state index contributed by atoms with van der Waals surface area (Å²) in [4.78, 5) is 4.38. The van der Waals surface area contributed by atoms with Gasteiger partial charge in [-0.1, -0.05) is 30.7 Å². The number of hydrogen-bond acceptors (Lipinski definition) is 3. The molecule has 0 spiro atoms. The van der Waals surface area contributed by atoms with Gasteiger partial charge in [-0.15, -0.1) is 0 Å². The van der Waals surface area contributed by atoms with Crippen LogP contribution < -0.4 is 5.32 Å². The molecule has 0 aliphatic carbocycles. The summed E-state index contributed by atoms with van der Waals surface area (Å²) in [7, 11) is 1.96. The van der Waals surface area contributed by atoms with Crippen molar-refractivity contribution in [2.24, 2.45) is 0 Å². The smallest absolute Gasteiger partial charge is 0.138 e. The Morgan fingerprint density at radius 2 is 2.20 bits per heavy atom. The number of aryl methyl sites for hydroxylation is 1. The molecule has 2 rings (SSSR count). The summed E-state index contributed by atoms with van der Waals surface area (Å²) >= 11 is 6.22. The quantitative estimate of drug-likeness (QED) is 0.889. The van der Waals surface area contributed by atoms with Crippen molar-refractivity contribution < 1.29 is 0 Å². The second-order valence-corrected chi connectivity index (χ2v) is 5.31. The topological polar surface area (TPSA) is 42.7 Å². The summed E-state index contributed by atoms with van der Waals surface area (Å²) in [5.41, 5.74) is 2.33. The number of nitrogens with one attached hydrogen (secondary N) is 1. The Kier molecular flexibility index (Phi) is 5.15. The van der Waals surface area contributed by atoms with Crippen LogP contribution in [0.2, 0.25) is 5.02 Å². The van der Waals surface area contributed by atoms with Gasteiger partial charge in [0.25, 0.3) is 0 Å². The second-order valence-electron chi connectivity index (χ2n) is 4.90. The van der Waals surface area contributed by atoms with E-state index in [9.17, 15) is 0 Å². The lowest BCUT2D eigenvalue weighted by Gasteiger charge is -2.19. The third-order valence-corrected chi connectivity index (χ3v) is 3.96. The maximum Gasteiger partial charge on any atom is 0.138 e. The number of aromatic nitrogens is 3. The molecule has 1 unspecified atom stereocenters. The first-order valence-corrected chi connectivity index (χ1v) is 7.34. The molecule has 0 saturated heterocycles. The molecule has 0 fully saturated rings. The van der Waals surface area contributed by atoms with Crippen molar-refractivity contribution in [1.29, 1.82) is 0 Å². The van der Waals surface area contributed by atoms with E-state index in [0.717, 1.165) is 35.8 Å². The van der Waals surface area contributed by atoms with E-state index in [1.165, 1.54) is 5.56 Å². The highest BCUT2D eigenvalue weighted by molar-refractivity contribution is 6.31. The molecule has 4 nitrogen and oxygen atoms in total. The fraction of sp³-hybridized carbons (Fsp3) is 0.467. The Hall–Kier alpha value is -1.39. The summed E-state index contributed by atoms with van der Waals surface area (Å²) in [5.74, 6) is 1.01. The van der Waals surface area contributed by atoms with Crippen molar-refractivity contribution in [2.75, 3.05) is 7.05 Å². The van der Waals surface area contributed by atoms with Crippen LogP contribution in [0.1, 0.15) is 36.3 Å². The van der Waals surface area contributed by atoms with Crippen LogP contribution in [-0.2, 0) is 13.0 Å². The number of benzene rings is 1. The standard InChI is InChI=1S/C15H21ClN4/c1-4-8-20-15(18-10-19-20)9-14(17-3)12-6-5-7-13(16)11(12)2/h5-7,10,14,17H,4,8-9H2,1-3H3. The van der Waals surface area contributed by atoms with Crippen LogP contribution in [0.5, 0.6) is 0 Å². The van der Waals surface area contributed by atoms with Crippen LogP contribution in [0.25, 0.3) is 0 Å². The lowest BCUT2D eigenvalue weighted by atomic mass is 9.98. The molecule has 1 aromatic heterocycles. The van der Waals surface area contributed by atoms with Gasteiger partial charge in [0.15, 0.2) is 0 Å². The Morgan fingerprint density at radius 1 is 1.40 bits per heavy atom. The van der Waals surface area contributed by atoms with Crippen LogP contribution in [0, 0.1) is 6.92 Å². The third kappa shape index (κ3) is 3.19. The average molecular weight is 293 g/mol. The summed E-state index contributed by atoms with van der Waals surface area (Å²) in [5, 5.41) is 8.44. The van der Waals surface area contributed by atoms with Gasteiger partial charge in [-0.2, -0.15) is 5.10 Å². The molecule has 0 amide bonds. The molecule has 1 N–H and O–H groups in total. The van der Waals surface area contributed by atoms with Crippen LogP contribution in [0.3, 0.4) is 0 Å². The number of likely N-dealkylation sites (N-methyl/N-ethyl adjacent to an activating group) is 1. The first-order chi connectivity index (χ1) is 9.67. The summed E-state index contributed by atoms with van der Waals surface area (Å²) in [6, 6.07) is 6.22. The molecular formula is C15H21ClN4. The highest BCUT2D eigenvalue weighted by Crippen LogP contribution is 2.26. The van der Waals surface area contributed by atoms with Crippen LogP contribution >= 0.6 is 11.6 Å². The zero-order chi connectivity index (χ0) is 14.5. The summed E-state index contributed by atoms with van der Waals surface area (Å²) in [6.07, 6.45) is 3.48. The van der Waals surface area contributed by atoms with Gasteiger partial charge in [0.05, 0.1) is 0 Å². The van der Waals surface area contributed by atoms with Gasteiger partial charge in [0.2, 0.25) is 0 Å². The van der Waals surface area contributed by atoms with Crippen molar-refractivity contribution in [3.8, 4) is 0 Å². The van der Waals surface area contributed by atoms with Crippen LogP contribution in [-0.4, -0.2) is 21.8 Å². The minimum absolute atomic E-state index is 0.188.